The zero-order valence-electron chi connectivity index (χ0n) is 5.68. The fourth-order valence-electron chi connectivity index (χ4n) is 1.16. The SMILES string of the molecule is CC1(S)CCCCC1=O. The molecule has 0 heterocycles. The molecule has 52 valence electrons. The van der Waals surface area contributed by atoms with Crippen LogP contribution < -0.4 is 0 Å². The van der Waals surface area contributed by atoms with Crippen LogP contribution in [-0.4, -0.2) is 10.5 Å². The summed E-state index contributed by atoms with van der Waals surface area (Å²) in [6.45, 7) is 1.91. The topological polar surface area (TPSA) is 17.1 Å². The van der Waals surface area contributed by atoms with Gasteiger partial charge in [-0.3, -0.25) is 4.79 Å². The molecule has 0 bridgehead atoms. The molecule has 1 unspecified atom stereocenters. The van der Waals surface area contributed by atoms with Gasteiger partial charge in [0.15, 0.2) is 0 Å². The summed E-state index contributed by atoms with van der Waals surface area (Å²) in [6.07, 6.45) is 3.91. The Labute approximate surface area is 61.2 Å². The smallest absolute Gasteiger partial charge is 0.148 e. The molecular weight excluding hydrogens is 132 g/mol. The molecule has 0 aromatic heterocycles. The summed E-state index contributed by atoms with van der Waals surface area (Å²) in [4.78, 5) is 11.0. The largest absolute Gasteiger partial charge is 0.298 e. The van der Waals surface area contributed by atoms with Crippen molar-refractivity contribution in [2.75, 3.05) is 0 Å². The molecule has 1 nitrogen and oxygen atoms in total. The zero-order valence-corrected chi connectivity index (χ0v) is 6.58. The molecule has 1 aliphatic carbocycles. The molecule has 0 aromatic rings. The van der Waals surface area contributed by atoms with Gasteiger partial charge in [0.2, 0.25) is 0 Å². The van der Waals surface area contributed by atoms with Crippen LogP contribution in [0.5, 0.6) is 0 Å². The molecule has 1 rings (SSSR count). The van der Waals surface area contributed by atoms with Crippen molar-refractivity contribution < 1.29 is 4.79 Å². The van der Waals surface area contributed by atoms with Crippen LogP contribution in [0.15, 0.2) is 0 Å². The van der Waals surface area contributed by atoms with Crippen LogP contribution in [0.25, 0.3) is 0 Å². The number of rotatable bonds is 0. The number of carbonyl (C=O) groups is 1. The van der Waals surface area contributed by atoms with Crippen molar-refractivity contribution in [1.29, 1.82) is 0 Å². The average Bonchev–Trinajstić information content (AvgIpc) is 1.77. The van der Waals surface area contributed by atoms with E-state index < -0.39 is 0 Å². The zero-order chi connectivity index (χ0) is 6.91. The highest BCUT2D eigenvalue weighted by atomic mass is 32.1. The Bertz CT molecular complexity index is 129. The van der Waals surface area contributed by atoms with Crippen LogP contribution in [0, 0.1) is 0 Å². The minimum Gasteiger partial charge on any atom is -0.298 e. The van der Waals surface area contributed by atoms with Crippen molar-refractivity contribution in [2.24, 2.45) is 0 Å². The van der Waals surface area contributed by atoms with Gasteiger partial charge in [-0.15, -0.1) is 0 Å². The Kier molecular flexibility index (Phi) is 1.85. The molecule has 9 heavy (non-hydrogen) atoms. The van der Waals surface area contributed by atoms with E-state index >= 15 is 0 Å². The first-order chi connectivity index (χ1) is 4.13. The number of hydrogen-bond acceptors (Lipinski definition) is 2. The molecule has 0 aliphatic heterocycles. The second-order valence-electron chi connectivity index (χ2n) is 2.90. The summed E-state index contributed by atoms with van der Waals surface area (Å²) in [5, 5.41) is 0. The van der Waals surface area contributed by atoms with E-state index in [1.807, 2.05) is 6.92 Å². The lowest BCUT2D eigenvalue weighted by molar-refractivity contribution is -0.122. The van der Waals surface area contributed by atoms with E-state index in [1.54, 1.807) is 0 Å². The third-order valence-corrected chi connectivity index (χ3v) is 2.39. The second kappa shape index (κ2) is 2.33. The third-order valence-electron chi connectivity index (χ3n) is 1.92. The van der Waals surface area contributed by atoms with Gasteiger partial charge < -0.3 is 0 Å². The fourth-order valence-corrected chi connectivity index (χ4v) is 1.43. The molecule has 1 aliphatic rings. The summed E-state index contributed by atoms with van der Waals surface area (Å²) in [6, 6.07) is 0. The Morgan fingerprint density at radius 1 is 1.56 bits per heavy atom. The minimum absolute atomic E-state index is 0.307. The van der Waals surface area contributed by atoms with E-state index in [9.17, 15) is 4.79 Å². The van der Waals surface area contributed by atoms with Crippen LogP contribution >= 0.6 is 12.6 Å². The maximum Gasteiger partial charge on any atom is 0.148 e. The fraction of sp³-hybridized carbons (Fsp3) is 0.857. The van der Waals surface area contributed by atoms with Crippen molar-refractivity contribution in [3.8, 4) is 0 Å². The highest BCUT2D eigenvalue weighted by molar-refractivity contribution is 7.82. The van der Waals surface area contributed by atoms with Gasteiger partial charge in [0.05, 0.1) is 4.75 Å². The molecule has 0 radical (unpaired) electrons. The van der Waals surface area contributed by atoms with Crippen molar-refractivity contribution >= 4 is 18.4 Å². The number of carbonyl (C=O) groups excluding carboxylic acids is 1. The van der Waals surface area contributed by atoms with Gasteiger partial charge in [-0.1, -0.05) is 6.42 Å². The van der Waals surface area contributed by atoms with Gasteiger partial charge in [0.25, 0.3) is 0 Å². The highest BCUT2D eigenvalue weighted by Crippen LogP contribution is 2.29. The molecule has 1 atom stereocenters. The van der Waals surface area contributed by atoms with Gasteiger partial charge in [-0.25, -0.2) is 0 Å². The van der Waals surface area contributed by atoms with Gasteiger partial charge in [0.1, 0.15) is 5.78 Å². The van der Waals surface area contributed by atoms with Crippen molar-refractivity contribution in [3.05, 3.63) is 0 Å². The van der Waals surface area contributed by atoms with Crippen LogP contribution in [-0.2, 0) is 4.79 Å². The highest BCUT2D eigenvalue weighted by Gasteiger charge is 2.30. The molecule has 0 aromatic carbocycles. The van der Waals surface area contributed by atoms with E-state index in [-0.39, 0.29) is 4.75 Å². The molecular formula is C7H12OS. The summed E-state index contributed by atoms with van der Waals surface area (Å²) in [7, 11) is 0. The minimum atomic E-state index is -0.307. The quantitative estimate of drug-likeness (QED) is 0.513. The normalized spacial score (nSPS) is 36.9. The lowest BCUT2D eigenvalue weighted by Gasteiger charge is -2.25. The number of ketones is 1. The molecule has 0 amide bonds. The van der Waals surface area contributed by atoms with E-state index in [0.717, 1.165) is 25.7 Å². The van der Waals surface area contributed by atoms with Gasteiger partial charge in [-0.05, 0) is 19.8 Å². The van der Waals surface area contributed by atoms with Crippen LogP contribution in [0.1, 0.15) is 32.6 Å². The molecule has 0 spiro atoms. The summed E-state index contributed by atoms with van der Waals surface area (Å²) < 4.78 is -0.307. The van der Waals surface area contributed by atoms with E-state index in [4.69, 9.17) is 0 Å². The van der Waals surface area contributed by atoms with E-state index in [2.05, 4.69) is 12.6 Å². The predicted octanol–water partition coefficient (Wildman–Crippen LogP) is 1.82. The van der Waals surface area contributed by atoms with Gasteiger partial charge in [0, 0.05) is 6.42 Å². The Balaban J connectivity index is 2.60. The first-order valence-corrected chi connectivity index (χ1v) is 3.83. The lowest BCUT2D eigenvalue weighted by atomic mass is 9.89. The van der Waals surface area contributed by atoms with Gasteiger partial charge in [-0.2, -0.15) is 12.6 Å². The Hall–Kier alpha value is 0.0200. The lowest BCUT2D eigenvalue weighted by Crippen LogP contribution is -2.31. The summed E-state index contributed by atoms with van der Waals surface area (Å²) in [5.74, 6) is 0.317. The molecule has 2 heteroatoms. The number of hydrogen-bond donors (Lipinski definition) is 1. The summed E-state index contributed by atoms with van der Waals surface area (Å²) in [5.41, 5.74) is 0. The molecule has 0 N–H and O–H groups in total. The van der Waals surface area contributed by atoms with Crippen LogP contribution in [0.4, 0.5) is 0 Å². The van der Waals surface area contributed by atoms with Crippen LogP contribution in [0.2, 0.25) is 0 Å². The van der Waals surface area contributed by atoms with Crippen molar-refractivity contribution in [3.63, 3.8) is 0 Å². The number of thiol groups is 1. The van der Waals surface area contributed by atoms with E-state index in [0.29, 0.717) is 5.78 Å². The maximum absolute atomic E-state index is 11.0. The molecule has 1 saturated carbocycles. The summed E-state index contributed by atoms with van der Waals surface area (Å²) >= 11 is 4.26. The standard InChI is InChI=1S/C7H12OS/c1-7(9)5-3-2-4-6(7)8/h9H,2-5H2,1H3. The monoisotopic (exact) mass is 144 g/mol. The van der Waals surface area contributed by atoms with E-state index in [1.165, 1.54) is 0 Å². The molecule has 0 saturated heterocycles. The van der Waals surface area contributed by atoms with Gasteiger partial charge >= 0.3 is 0 Å². The average molecular weight is 144 g/mol. The predicted molar refractivity (Wildman–Crippen MR) is 40.9 cm³/mol. The number of Topliss-reactive ketones (excluding diaryl/α,β-unsaturated/α-hetero) is 1. The second-order valence-corrected chi connectivity index (χ2v) is 3.89. The Morgan fingerprint density at radius 2 is 2.22 bits per heavy atom. The first kappa shape index (κ1) is 7.13. The Morgan fingerprint density at radius 3 is 2.56 bits per heavy atom. The first-order valence-electron chi connectivity index (χ1n) is 3.38. The molecule has 1 fully saturated rings. The third kappa shape index (κ3) is 1.48. The van der Waals surface area contributed by atoms with Crippen molar-refractivity contribution in [1.82, 2.24) is 0 Å². The van der Waals surface area contributed by atoms with Crippen LogP contribution in [0.3, 0.4) is 0 Å². The van der Waals surface area contributed by atoms with Crippen molar-refractivity contribution in [2.45, 2.75) is 37.4 Å². The maximum atomic E-state index is 11.0.